The van der Waals surface area contributed by atoms with Gasteiger partial charge in [0, 0.05) is 17.3 Å². The van der Waals surface area contributed by atoms with Gasteiger partial charge in [0.2, 0.25) is 0 Å². The Labute approximate surface area is 178 Å². The van der Waals surface area contributed by atoms with Crippen LogP contribution >= 0.6 is 0 Å². The van der Waals surface area contributed by atoms with Crippen LogP contribution in [-0.2, 0) is 9.53 Å². The van der Waals surface area contributed by atoms with Crippen molar-refractivity contribution >= 4 is 34.6 Å². The molecule has 1 aliphatic rings. The first-order valence-electron chi connectivity index (χ1n) is 10.2. The van der Waals surface area contributed by atoms with Crippen LogP contribution in [0, 0.1) is 0 Å². The van der Waals surface area contributed by atoms with Gasteiger partial charge in [-0.1, -0.05) is 31.0 Å². The van der Waals surface area contributed by atoms with Crippen LogP contribution in [0.5, 0.6) is 0 Å². The van der Waals surface area contributed by atoms with E-state index in [1.807, 2.05) is 10.7 Å². The molecular weight excluding hydrogens is 398 g/mol. The molecule has 9 nitrogen and oxygen atoms in total. The predicted molar refractivity (Wildman–Crippen MR) is 114 cm³/mol. The van der Waals surface area contributed by atoms with Gasteiger partial charge in [-0.25, -0.2) is 19.3 Å². The molecule has 0 saturated heterocycles. The molecule has 0 radical (unpaired) electrons. The van der Waals surface area contributed by atoms with Crippen molar-refractivity contribution in [2.24, 2.45) is 0 Å². The van der Waals surface area contributed by atoms with Gasteiger partial charge in [-0.2, -0.15) is 5.10 Å². The fourth-order valence-electron chi connectivity index (χ4n) is 3.65. The molecule has 0 bridgehead atoms. The zero-order valence-electron chi connectivity index (χ0n) is 17.1. The van der Waals surface area contributed by atoms with E-state index in [1.54, 1.807) is 36.5 Å². The number of urea groups is 1. The smallest absolute Gasteiger partial charge is 0.340 e. The molecule has 1 atom stereocenters. The number of rotatable bonds is 5. The van der Waals surface area contributed by atoms with Crippen LogP contribution in [0.25, 0.3) is 11.0 Å². The first-order valence-corrected chi connectivity index (χ1v) is 10.2. The number of hydrogen-bond donors (Lipinski definition) is 2. The second-order valence-corrected chi connectivity index (χ2v) is 7.52. The number of anilines is 1. The number of pyridine rings is 1. The molecule has 1 aliphatic carbocycles. The molecule has 0 aliphatic heterocycles. The number of hydrogen-bond acceptors (Lipinski definition) is 6. The molecule has 160 valence electrons. The first kappa shape index (κ1) is 20.5. The van der Waals surface area contributed by atoms with E-state index in [-0.39, 0.29) is 5.56 Å². The fourth-order valence-corrected chi connectivity index (χ4v) is 3.65. The van der Waals surface area contributed by atoms with Crippen LogP contribution in [0.15, 0.2) is 48.8 Å². The number of carbonyl (C=O) groups is 3. The Balaban J connectivity index is 1.36. The predicted octanol–water partition coefficient (Wildman–Crippen LogP) is 3.44. The first-order chi connectivity index (χ1) is 15.0. The van der Waals surface area contributed by atoms with Crippen LogP contribution in [0.1, 0.15) is 49.0 Å². The van der Waals surface area contributed by atoms with Crippen molar-refractivity contribution in [2.45, 2.75) is 44.8 Å². The average molecular weight is 421 g/mol. The number of esters is 1. The minimum Gasteiger partial charge on any atom is -0.449 e. The standard InChI is InChI=1S/C22H23N5O4/c1-14(20(28)26-22(30)25-17-7-3-2-4-8-17)31-21(29)16-11-15-13-24-27(19(15)23-12-16)18-9-5-6-10-18/h2-4,7-8,11-14,18H,5-6,9-10H2,1H3,(H2,25,26,28,30). The summed E-state index contributed by atoms with van der Waals surface area (Å²) in [7, 11) is 0. The maximum atomic E-state index is 12.5. The van der Waals surface area contributed by atoms with E-state index in [9.17, 15) is 14.4 Å². The Morgan fingerprint density at radius 1 is 1.13 bits per heavy atom. The number of aromatic nitrogens is 3. The lowest BCUT2D eigenvalue weighted by Gasteiger charge is -2.13. The summed E-state index contributed by atoms with van der Waals surface area (Å²) < 4.78 is 7.12. The lowest BCUT2D eigenvalue weighted by molar-refractivity contribution is -0.127. The molecule has 0 spiro atoms. The number of nitrogens with zero attached hydrogens (tertiary/aromatic N) is 3. The largest absolute Gasteiger partial charge is 0.449 e. The quantitative estimate of drug-likeness (QED) is 0.610. The van der Waals surface area contributed by atoms with Gasteiger partial charge in [0.1, 0.15) is 0 Å². The zero-order chi connectivity index (χ0) is 21.8. The Hall–Kier alpha value is -3.75. The molecule has 2 aromatic heterocycles. The molecule has 1 unspecified atom stereocenters. The number of para-hydroxylation sites is 1. The van der Waals surface area contributed by atoms with Crippen molar-refractivity contribution in [3.8, 4) is 0 Å². The summed E-state index contributed by atoms with van der Waals surface area (Å²) in [4.78, 5) is 41.0. The second kappa shape index (κ2) is 8.95. The van der Waals surface area contributed by atoms with E-state index in [2.05, 4.69) is 20.7 Å². The topological polar surface area (TPSA) is 115 Å². The molecule has 4 rings (SSSR count). The highest BCUT2D eigenvalue weighted by Gasteiger charge is 2.23. The molecule has 31 heavy (non-hydrogen) atoms. The number of benzene rings is 1. The Morgan fingerprint density at radius 3 is 2.61 bits per heavy atom. The monoisotopic (exact) mass is 421 g/mol. The zero-order valence-corrected chi connectivity index (χ0v) is 17.1. The minimum atomic E-state index is -1.16. The van der Waals surface area contributed by atoms with E-state index in [0.29, 0.717) is 11.7 Å². The number of amides is 3. The summed E-state index contributed by atoms with van der Waals surface area (Å²) in [6, 6.07) is 9.97. The highest BCUT2D eigenvalue weighted by molar-refractivity contribution is 6.03. The molecule has 2 heterocycles. The van der Waals surface area contributed by atoms with Gasteiger partial charge in [0.05, 0.1) is 17.8 Å². The molecule has 9 heteroatoms. The van der Waals surface area contributed by atoms with E-state index < -0.39 is 24.0 Å². The normalized spacial score (nSPS) is 14.9. The summed E-state index contributed by atoms with van der Waals surface area (Å²) in [6.45, 7) is 1.40. The molecule has 1 saturated carbocycles. The highest BCUT2D eigenvalue weighted by atomic mass is 16.5. The maximum absolute atomic E-state index is 12.5. The van der Waals surface area contributed by atoms with E-state index in [1.165, 1.54) is 26.0 Å². The molecule has 1 fully saturated rings. The average Bonchev–Trinajstić information content (AvgIpc) is 3.43. The molecule has 3 aromatic rings. The summed E-state index contributed by atoms with van der Waals surface area (Å²) in [6.07, 6.45) is 6.45. The van der Waals surface area contributed by atoms with Gasteiger partial charge in [0.25, 0.3) is 5.91 Å². The summed E-state index contributed by atoms with van der Waals surface area (Å²) >= 11 is 0. The van der Waals surface area contributed by atoms with Crippen LogP contribution in [-0.4, -0.2) is 38.8 Å². The Bertz CT molecular complexity index is 1110. The number of nitrogens with one attached hydrogen (secondary N) is 2. The number of carbonyl (C=O) groups excluding carboxylic acids is 3. The number of imide groups is 1. The van der Waals surface area contributed by atoms with Crippen LogP contribution < -0.4 is 10.6 Å². The third-order valence-electron chi connectivity index (χ3n) is 5.26. The fraction of sp³-hybridized carbons (Fsp3) is 0.318. The van der Waals surface area contributed by atoms with Crippen molar-refractivity contribution < 1.29 is 19.1 Å². The Morgan fingerprint density at radius 2 is 1.87 bits per heavy atom. The summed E-state index contributed by atoms with van der Waals surface area (Å²) in [5.41, 5.74) is 1.48. The maximum Gasteiger partial charge on any atom is 0.340 e. The summed E-state index contributed by atoms with van der Waals surface area (Å²) in [5.74, 6) is -1.43. The van der Waals surface area contributed by atoms with E-state index in [4.69, 9.17) is 4.74 Å². The van der Waals surface area contributed by atoms with Crippen molar-refractivity contribution in [3.63, 3.8) is 0 Å². The van der Waals surface area contributed by atoms with Gasteiger partial charge < -0.3 is 10.1 Å². The van der Waals surface area contributed by atoms with Gasteiger partial charge in [-0.05, 0) is 38.0 Å². The third-order valence-corrected chi connectivity index (χ3v) is 5.26. The van der Waals surface area contributed by atoms with Crippen molar-refractivity contribution in [1.82, 2.24) is 20.1 Å². The van der Waals surface area contributed by atoms with Crippen molar-refractivity contribution in [2.75, 3.05) is 5.32 Å². The van der Waals surface area contributed by atoms with Crippen LogP contribution in [0.4, 0.5) is 10.5 Å². The van der Waals surface area contributed by atoms with Crippen LogP contribution in [0.3, 0.4) is 0 Å². The highest BCUT2D eigenvalue weighted by Crippen LogP contribution is 2.31. The number of fused-ring (bicyclic) bond motifs is 1. The van der Waals surface area contributed by atoms with E-state index >= 15 is 0 Å². The number of ether oxygens (including phenoxy) is 1. The Kier molecular flexibility index (Phi) is 5.92. The van der Waals surface area contributed by atoms with Gasteiger partial charge in [-0.3, -0.25) is 10.1 Å². The molecule has 2 N–H and O–H groups in total. The molecule has 3 amide bonds. The minimum absolute atomic E-state index is 0.215. The lowest BCUT2D eigenvalue weighted by Crippen LogP contribution is -2.41. The second-order valence-electron chi connectivity index (χ2n) is 7.52. The van der Waals surface area contributed by atoms with Crippen LogP contribution in [0.2, 0.25) is 0 Å². The van der Waals surface area contributed by atoms with Gasteiger partial charge in [-0.15, -0.1) is 0 Å². The summed E-state index contributed by atoms with van der Waals surface area (Å²) in [5, 5.41) is 9.85. The lowest BCUT2D eigenvalue weighted by atomic mass is 10.2. The van der Waals surface area contributed by atoms with Crippen molar-refractivity contribution in [1.29, 1.82) is 0 Å². The molecular formula is C22H23N5O4. The van der Waals surface area contributed by atoms with E-state index in [0.717, 1.165) is 23.9 Å². The van der Waals surface area contributed by atoms with Gasteiger partial charge in [0.15, 0.2) is 11.8 Å². The SMILES string of the molecule is CC(OC(=O)c1cnc2c(cnn2C2CCCC2)c1)C(=O)NC(=O)Nc1ccccc1. The van der Waals surface area contributed by atoms with Gasteiger partial charge >= 0.3 is 12.0 Å². The molecule has 1 aromatic carbocycles. The third kappa shape index (κ3) is 4.71. The van der Waals surface area contributed by atoms with Crippen molar-refractivity contribution in [3.05, 3.63) is 54.4 Å².